The number of alkyl halides is 2. The molecule has 2 saturated heterocycles. The van der Waals surface area contributed by atoms with Crippen LogP contribution in [-0.2, 0) is 34.2 Å². The van der Waals surface area contributed by atoms with E-state index in [1.807, 2.05) is 12.1 Å². The Kier molecular flexibility index (Phi) is 6.16. The van der Waals surface area contributed by atoms with Crippen LogP contribution in [0.15, 0.2) is 42.5 Å². The van der Waals surface area contributed by atoms with Crippen LogP contribution in [0.2, 0.25) is 0 Å². The van der Waals surface area contributed by atoms with Crippen molar-refractivity contribution in [3.63, 3.8) is 0 Å². The first-order valence-electron chi connectivity index (χ1n) is 11.7. The van der Waals surface area contributed by atoms with E-state index in [9.17, 15) is 14.4 Å². The van der Waals surface area contributed by atoms with Gasteiger partial charge in [0.25, 0.3) is 5.91 Å². The highest BCUT2D eigenvalue weighted by atomic mass is 35.5. The normalized spacial score (nSPS) is 22.6. The first-order chi connectivity index (χ1) is 16.4. The van der Waals surface area contributed by atoms with Gasteiger partial charge in [0.05, 0.1) is 0 Å². The molecule has 8 heteroatoms. The molecule has 5 rings (SSSR count). The molecule has 3 heterocycles. The lowest BCUT2D eigenvalue weighted by molar-refractivity contribution is -0.136. The number of carbonyl (C=O) groups excluding carboxylic acids is 3. The molecule has 1 unspecified atom stereocenters. The van der Waals surface area contributed by atoms with E-state index in [1.54, 1.807) is 18.2 Å². The number of halogens is 2. The van der Waals surface area contributed by atoms with Crippen molar-refractivity contribution in [1.82, 2.24) is 15.1 Å². The molecule has 0 saturated carbocycles. The number of rotatable bonds is 5. The van der Waals surface area contributed by atoms with E-state index in [2.05, 4.69) is 22.3 Å². The molecule has 3 aliphatic rings. The van der Waals surface area contributed by atoms with Gasteiger partial charge in [-0.2, -0.15) is 0 Å². The summed E-state index contributed by atoms with van der Waals surface area (Å²) in [4.78, 5) is 40.4. The monoisotopic (exact) mass is 483 g/mol. The Hall–Kier alpha value is -2.77. The summed E-state index contributed by atoms with van der Waals surface area (Å²) in [6.07, 6.45) is 1.30. The lowest BCUT2D eigenvalue weighted by atomic mass is 9.84. The maximum Gasteiger partial charge on any atom is 0.255 e. The summed E-state index contributed by atoms with van der Waals surface area (Å²) in [6, 6.07) is 12.7. The van der Waals surface area contributed by atoms with Crippen LogP contribution in [0.3, 0.4) is 0 Å². The third-order valence-corrected chi connectivity index (χ3v) is 7.58. The number of nitrogens with zero attached hydrogens (tertiary/aromatic N) is 2. The standard InChI is InChI=1S/C26H27ClFN3O3/c27-14-17-1-3-18(4-2-17)15-30-11-9-26(28,10-12-30)20-5-6-21-19(13-20)16-31(25(21)34)22-7-8-23(32)29-24(22)33/h1-6,13,22H,7-12,14-16H2,(H,29,32,33). The zero-order chi connectivity index (χ0) is 23.9. The topological polar surface area (TPSA) is 69.7 Å². The minimum absolute atomic E-state index is 0.211. The number of nitrogens with one attached hydrogen (secondary N) is 1. The van der Waals surface area contributed by atoms with Gasteiger partial charge in [-0.05, 0) is 47.6 Å². The van der Waals surface area contributed by atoms with Crippen molar-refractivity contribution in [2.24, 2.45) is 0 Å². The number of imide groups is 1. The van der Waals surface area contributed by atoms with Gasteiger partial charge in [-0.15, -0.1) is 11.6 Å². The molecule has 34 heavy (non-hydrogen) atoms. The number of benzene rings is 2. The summed E-state index contributed by atoms with van der Waals surface area (Å²) in [6.45, 7) is 2.32. The molecule has 2 aromatic rings. The fourth-order valence-corrected chi connectivity index (χ4v) is 5.38. The van der Waals surface area contributed by atoms with Crippen LogP contribution in [0.1, 0.15) is 58.3 Å². The number of hydrogen-bond donors (Lipinski definition) is 1. The highest BCUT2D eigenvalue weighted by molar-refractivity contribution is 6.17. The lowest BCUT2D eigenvalue weighted by Crippen LogP contribution is -2.52. The molecule has 178 valence electrons. The Bertz CT molecular complexity index is 1130. The van der Waals surface area contributed by atoms with Gasteiger partial charge in [-0.25, -0.2) is 4.39 Å². The van der Waals surface area contributed by atoms with E-state index in [0.717, 1.165) is 17.7 Å². The largest absolute Gasteiger partial charge is 0.322 e. The first kappa shape index (κ1) is 23.0. The van der Waals surface area contributed by atoms with Crippen LogP contribution in [0, 0.1) is 0 Å². The predicted molar refractivity (Wildman–Crippen MR) is 126 cm³/mol. The summed E-state index contributed by atoms with van der Waals surface area (Å²) >= 11 is 5.86. The van der Waals surface area contributed by atoms with Gasteiger partial charge in [-0.3, -0.25) is 24.6 Å². The Morgan fingerprint density at radius 3 is 2.41 bits per heavy atom. The zero-order valence-corrected chi connectivity index (χ0v) is 19.6. The van der Waals surface area contributed by atoms with E-state index in [1.165, 1.54) is 10.5 Å². The van der Waals surface area contributed by atoms with Crippen molar-refractivity contribution >= 4 is 29.3 Å². The molecule has 0 aromatic heterocycles. The second-order valence-electron chi connectivity index (χ2n) is 9.46. The van der Waals surface area contributed by atoms with Crippen LogP contribution in [0.5, 0.6) is 0 Å². The average Bonchev–Trinajstić information content (AvgIpc) is 3.17. The van der Waals surface area contributed by atoms with Crippen molar-refractivity contribution in [2.45, 2.75) is 56.4 Å². The molecule has 3 amide bonds. The van der Waals surface area contributed by atoms with Gasteiger partial charge in [0.2, 0.25) is 11.8 Å². The highest BCUT2D eigenvalue weighted by Crippen LogP contribution is 2.39. The Morgan fingerprint density at radius 2 is 1.74 bits per heavy atom. The van der Waals surface area contributed by atoms with Crippen LogP contribution < -0.4 is 5.32 Å². The SMILES string of the molecule is O=C1CCC(N2Cc3cc(C4(F)CCN(Cc5ccc(CCl)cc5)CC4)ccc3C2=O)C(=O)N1. The van der Waals surface area contributed by atoms with Crippen molar-refractivity contribution < 1.29 is 18.8 Å². The Labute approximate surface area is 203 Å². The van der Waals surface area contributed by atoms with Gasteiger partial charge in [0.1, 0.15) is 11.7 Å². The van der Waals surface area contributed by atoms with Crippen LogP contribution >= 0.6 is 11.6 Å². The molecule has 1 N–H and O–H groups in total. The highest BCUT2D eigenvalue weighted by Gasteiger charge is 2.41. The van der Waals surface area contributed by atoms with Crippen LogP contribution in [0.4, 0.5) is 4.39 Å². The number of amides is 3. The molecule has 0 aliphatic carbocycles. The van der Waals surface area contributed by atoms with Crippen LogP contribution in [0.25, 0.3) is 0 Å². The number of carbonyl (C=O) groups is 3. The summed E-state index contributed by atoms with van der Waals surface area (Å²) < 4.78 is 16.0. The summed E-state index contributed by atoms with van der Waals surface area (Å²) in [5.74, 6) is -0.500. The Morgan fingerprint density at radius 1 is 1.03 bits per heavy atom. The number of likely N-dealkylation sites (tertiary alicyclic amines) is 1. The summed E-state index contributed by atoms with van der Waals surface area (Å²) in [5.41, 5.74) is 2.66. The minimum Gasteiger partial charge on any atom is -0.322 e. The van der Waals surface area contributed by atoms with Gasteiger partial charge in [0.15, 0.2) is 0 Å². The summed E-state index contributed by atoms with van der Waals surface area (Å²) in [7, 11) is 0. The van der Waals surface area contributed by atoms with Gasteiger partial charge < -0.3 is 4.90 Å². The van der Waals surface area contributed by atoms with Crippen molar-refractivity contribution in [3.8, 4) is 0 Å². The molecule has 2 aromatic carbocycles. The van der Waals surface area contributed by atoms with Gasteiger partial charge >= 0.3 is 0 Å². The van der Waals surface area contributed by atoms with E-state index < -0.39 is 17.6 Å². The molecule has 0 radical (unpaired) electrons. The quantitative estimate of drug-likeness (QED) is 0.520. The molecular weight excluding hydrogens is 457 g/mol. The van der Waals surface area contributed by atoms with E-state index >= 15 is 4.39 Å². The number of hydrogen-bond acceptors (Lipinski definition) is 4. The van der Waals surface area contributed by atoms with Crippen molar-refractivity contribution in [2.75, 3.05) is 13.1 Å². The van der Waals surface area contributed by atoms with E-state index in [4.69, 9.17) is 11.6 Å². The number of fused-ring (bicyclic) bond motifs is 1. The fourth-order valence-electron chi connectivity index (χ4n) is 5.20. The molecule has 1 atom stereocenters. The number of piperidine rings is 2. The van der Waals surface area contributed by atoms with E-state index in [-0.39, 0.29) is 24.8 Å². The molecule has 0 spiro atoms. The van der Waals surface area contributed by atoms with Gasteiger partial charge in [-0.1, -0.05) is 36.4 Å². The predicted octanol–water partition coefficient (Wildman–Crippen LogP) is 3.65. The summed E-state index contributed by atoms with van der Waals surface area (Å²) in [5, 5.41) is 2.31. The first-order valence-corrected chi connectivity index (χ1v) is 12.2. The zero-order valence-electron chi connectivity index (χ0n) is 18.9. The molecular formula is C26H27ClFN3O3. The molecule has 3 aliphatic heterocycles. The third-order valence-electron chi connectivity index (χ3n) is 7.27. The third kappa shape index (κ3) is 4.34. The van der Waals surface area contributed by atoms with Crippen molar-refractivity contribution in [3.05, 3.63) is 70.3 Å². The fraction of sp³-hybridized carbons (Fsp3) is 0.423. The molecule has 6 nitrogen and oxygen atoms in total. The smallest absolute Gasteiger partial charge is 0.255 e. The van der Waals surface area contributed by atoms with Gasteiger partial charge in [0, 0.05) is 44.0 Å². The lowest BCUT2D eigenvalue weighted by Gasteiger charge is -2.37. The van der Waals surface area contributed by atoms with Crippen molar-refractivity contribution in [1.29, 1.82) is 0 Å². The maximum atomic E-state index is 16.0. The van der Waals surface area contributed by atoms with E-state index in [0.29, 0.717) is 49.4 Å². The second kappa shape index (κ2) is 9.12. The molecule has 2 fully saturated rings. The maximum absolute atomic E-state index is 16.0. The molecule has 0 bridgehead atoms. The average molecular weight is 484 g/mol. The Balaban J connectivity index is 1.25. The van der Waals surface area contributed by atoms with Crippen LogP contribution in [-0.4, -0.2) is 46.7 Å². The minimum atomic E-state index is -1.45. The second-order valence-corrected chi connectivity index (χ2v) is 9.73.